The molecular weight excluding hydrogens is 366 g/mol. The van der Waals surface area contributed by atoms with Gasteiger partial charge in [0.1, 0.15) is 11.5 Å². The molecule has 148 valence electrons. The highest BCUT2D eigenvalue weighted by molar-refractivity contribution is 5.80. The SMILES string of the molecule is Cc1ccn2cc(-c3cc4ccc(N5CCN(C)C(C)C5)nc4oc3=O)nc2c1. The average molecular weight is 389 g/mol. The molecule has 4 aromatic heterocycles. The number of piperazine rings is 1. The van der Waals surface area contributed by atoms with E-state index in [0.717, 1.165) is 42.0 Å². The number of fused-ring (bicyclic) bond motifs is 2. The molecule has 0 aromatic carbocycles. The second-order valence-electron chi connectivity index (χ2n) is 7.88. The molecule has 7 heteroatoms. The van der Waals surface area contributed by atoms with Gasteiger partial charge in [-0.1, -0.05) is 0 Å². The number of aromatic nitrogens is 3. The van der Waals surface area contributed by atoms with E-state index in [1.54, 1.807) is 0 Å². The van der Waals surface area contributed by atoms with Gasteiger partial charge in [0, 0.05) is 43.5 Å². The van der Waals surface area contributed by atoms with E-state index in [1.807, 2.05) is 54.0 Å². The Morgan fingerprint density at radius 3 is 2.83 bits per heavy atom. The maximum atomic E-state index is 12.7. The van der Waals surface area contributed by atoms with Crippen LogP contribution in [0.15, 0.2) is 51.9 Å². The van der Waals surface area contributed by atoms with E-state index in [4.69, 9.17) is 4.42 Å². The number of imidazole rings is 1. The van der Waals surface area contributed by atoms with E-state index in [2.05, 4.69) is 33.7 Å². The van der Waals surface area contributed by atoms with Crippen molar-refractivity contribution in [2.45, 2.75) is 19.9 Å². The lowest BCUT2D eigenvalue weighted by Gasteiger charge is -2.38. The number of hydrogen-bond donors (Lipinski definition) is 0. The Morgan fingerprint density at radius 2 is 2.00 bits per heavy atom. The topological polar surface area (TPSA) is 66.9 Å². The van der Waals surface area contributed by atoms with Crippen LogP contribution in [0.4, 0.5) is 5.82 Å². The van der Waals surface area contributed by atoms with Gasteiger partial charge in [-0.05, 0) is 56.8 Å². The van der Waals surface area contributed by atoms with Crippen molar-refractivity contribution < 1.29 is 4.42 Å². The molecule has 5 rings (SSSR count). The van der Waals surface area contributed by atoms with Crippen molar-refractivity contribution in [3.8, 4) is 11.3 Å². The number of aryl methyl sites for hydroxylation is 1. The van der Waals surface area contributed by atoms with Crippen LogP contribution in [0.1, 0.15) is 12.5 Å². The van der Waals surface area contributed by atoms with E-state index in [0.29, 0.717) is 23.0 Å². The Hall–Kier alpha value is -3.19. The van der Waals surface area contributed by atoms with Gasteiger partial charge in [-0.25, -0.2) is 9.78 Å². The Labute approximate surface area is 168 Å². The number of anilines is 1. The lowest BCUT2D eigenvalue weighted by Crippen LogP contribution is -2.50. The van der Waals surface area contributed by atoms with Crippen LogP contribution in [0.3, 0.4) is 0 Å². The Morgan fingerprint density at radius 1 is 1.14 bits per heavy atom. The summed E-state index contributed by atoms with van der Waals surface area (Å²) in [4.78, 5) is 26.5. The van der Waals surface area contributed by atoms with Gasteiger partial charge in [0.05, 0.1) is 11.3 Å². The van der Waals surface area contributed by atoms with E-state index >= 15 is 0 Å². The molecule has 0 bridgehead atoms. The van der Waals surface area contributed by atoms with Crippen LogP contribution < -0.4 is 10.5 Å². The highest BCUT2D eigenvalue weighted by atomic mass is 16.4. The molecular formula is C22H23N5O2. The molecule has 0 amide bonds. The van der Waals surface area contributed by atoms with Gasteiger partial charge in [-0.15, -0.1) is 0 Å². The third-order valence-corrected chi connectivity index (χ3v) is 5.76. The van der Waals surface area contributed by atoms with Crippen LogP contribution in [0.5, 0.6) is 0 Å². The van der Waals surface area contributed by atoms with Crippen molar-refractivity contribution >= 4 is 22.6 Å². The van der Waals surface area contributed by atoms with Gasteiger partial charge in [0.15, 0.2) is 0 Å². The molecule has 0 radical (unpaired) electrons. The van der Waals surface area contributed by atoms with Crippen LogP contribution >= 0.6 is 0 Å². The molecule has 5 heterocycles. The lowest BCUT2D eigenvalue weighted by molar-refractivity contribution is 0.233. The molecule has 1 saturated heterocycles. The van der Waals surface area contributed by atoms with Gasteiger partial charge in [0.2, 0.25) is 5.71 Å². The van der Waals surface area contributed by atoms with Crippen molar-refractivity contribution in [2.75, 3.05) is 31.6 Å². The summed E-state index contributed by atoms with van der Waals surface area (Å²) < 4.78 is 7.50. The average Bonchev–Trinajstić information content (AvgIpc) is 3.12. The van der Waals surface area contributed by atoms with Gasteiger partial charge < -0.3 is 18.6 Å². The molecule has 1 aliphatic heterocycles. The molecule has 0 N–H and O–H groups in total. The largest absolute Gasteiger partial charge is 0.403 e. The molecule has 1 atom stereocenters. The molecule has 0 aliphatic carbocycles. The first-order chi connectivity index (χ1) is 14.0. The van der Waals surface area contributed by atoms with E-state index < -0.39 is 5.63 Å². The molecule has 29 heavy (non-hydrogen) atoms. The van der Waals surface area contributed by atoms with Gasteiger partial charge >= 0.3 is 5.63 Å². The summed E-state index contributed by atoms with van der Waals surface area (Å²) in [7, 11) is 2.14. The summed E-state index contributed by atoms with van der Waals surface area (Å²) in [6.45, 7) is 7.01. The van der Waals surface area contributed by atoms with Crippen molar-refractivity contribution in [3.05, 3.63) is 58.7 Å². The first-order valence-electron chi connectivity index (χ1n) is 9.84. The van der Waals surface area contributed by atoms with Crippen LogP contribution in [-0.2, 0) is 0 Å². The minimum atomic E-state index is -0.422. The zero-order valence-corrected chi connectivity index (χ0v) is 16.8. The molecule has 7 nitrogen and oxygen atoms in total. The van der Waals surface area contributed by atoms with E-state index in [-0.39, 0.29) is 0 Å². The van der Waals surface area contributed by atoms with Crippen molar-refractivity contribution in [2.24, 2.45) is 0 Å². The maximum absolute atomic E-state index is 12.7. The standard InChI is InChI=1S/C22H23N5O2/c1-14-6-7-26-13-18(23-20(26)10-14)17-11-16-4-5-19(24-21(16)29-22(17)28)27-9-8-25(3)15(2)12-27/h4-7,10-11,13,15H,8-9,12H2,1-3H3. The fourth-order valence-electron chi connectivity index (χ4n) is 3.81. The summed E-state index contributed by atoms with van der Waals surface area (Å²) in [5.41, 5.74) is 2.91. The Bertz CT molecular complexity index is 1280. The molecule has 1 aliphatic rings. The second kappa shape index (κ2) is 6.70. The smallest absolute Gasteiger partial charge is 0.347 e. The summed E-state index contributed by atoms with van der Waals surface area (Å²) >= 11 is 0. The number of rotatable bonds is 2. The quantitative estimate of drug-likeness (QED) is 0.525. The molecule has 4 aromatic rings. The van der Waals surface area contributed by atoms with Gasteiger partial charge in [-0.2, -0.15) is 4.98 Å². The molecule has 1 fully saturated rings. The predicted molar refractivity (Wildman–Crippen MR) is 114 cm³/mol. The maximum Gasteiger partial charge on any atom is 0.347 e. The Balaban J connectivity index is 1.53. The molecule has 0 saturated carbocycles. The first-order valence-corrected chi connectivity index (χ1v) is 9.84. The lowest BCUT2D eigenvalue weighted by atomic mass is 10.1. The number of hydrogen-bond acceptors (Lipinski definition) is 6. The van der Waals surface area contributed by atoms with Gasteiger partial charge in [-0.3, -0.25) is 0 Å². The predicted octanol–water partition coefficient (Wildman–Crippen LogP) is 2.95. The van der Waals surface area contributed by atoms with Crippen molar-refractivity contribution in [1.82, 2.24) is 19.3 Å². The normalized spacial score (nSPS) is 18.0. The first kappa shape index (κ1) is 17.9. The summed E-state index contributed by atoms with van der Waals surface area (Å²) in [5, 5.41) is 0.791. The number of likely N-dealkylation sites (N-methyl/N-ethyl adjacent to an activating group) is 1. The fraction of sp³-hybridized carbons (Fsp3) is 0.318. The van der Waals surface area contributed by atoms with E-state index in [9.17, 15) is 4.79 Å². The highest BCUT2D eigenvalue weighted by Gasteiger charge is 2.22. The second-order valence-corrected chi connectivity index (χ2v) is 7.88. The zero-order chi connectivity index (χ0) is 20.1. The zero-order valence-electron chi connectivity index (χ0n) is 16.8. The number of nitrogens with zero attached hydrogens (tertiary/aromatic N) is 5. The van der Waals surface area contributed by atoms with Crippen molar-refractivity contribution in [1.29, 1.82) is 0 Å². The number of pyridine rings is 2. The minimum Gasteiger partial charge on any atom is -0.403 e. The summed E-state index contributed by atoms with van der Waals surface area (Å²) in [6.07, 6.45) is 3.79. The summed E-state index contributed by atoms with van der Waals surface area (Å²) in [6, 6.07) is 10.2. The van der Waals surface area contributed by atoms with Crippen molar-refractivity contribution in [3.63, 3.8) is 0 Å². The fourth-order valence-corrected chi connectivity index (χ4v) is 3.81. The van der Waals surface area contributed by atoms with Crippen LogP contribution in [0.25, 0.3) is 28.0 Å². The molecule has 1 unspecified atom stereocenters. The summed E-state index contributed by atoms with van der Waals surface area (Å²) in [5.74, 6) is 0.844. The van der Waals surface area contributed by atoms with E-state index in [1.165, 1.54) is 0 Å². The third kappa shape index (κ3) is 3.17. The molecule has 0 spiro atoms. The van der Waals surface area contributed by atoms with Crippen LogP contribution in [-0.4, -0.2) is 52.0 Å². The Kier molecular flexibility index (Phi) is 4.13. The monoisotopic (exact) mass is 389 g/mol. The van der Waals surface area contributed by atoms with Gasteiger partial charge in [0.25, 0.3) is 0 Å². The third-order valence-electron chi connectivity index (χ3n) is 5.76. The minimum absolute atomic E-state index is 0.363. The van der Waals surface area contributed by atoms with Crippen LogP contribution in [0, 0.1) is 6.92 Å². The highest BCUT2D eigenvalue weighted by Crippen LogP contribution is 2.24. The van der Waals surface area contributed by atoms with Crippen LogP contribution in [0.2, 0.25) is 0 Å².